The fraction of sp³-hybridized carbons (Fsp3) is 0.350. The van der Waals surface area contributed by atoms with Crippen LogP contribution in [0.1, 0.15) is 34.1 Å². The standard InChI is InChI=1S/C20H21F3N4O2S/c1-12-11-30-18(25-12)19(29,20(21,22)23)9-17(28)24-10-16-13(2)26-27(14(16)3)15-7-5-4-6-8-15/h4-8,11,29H,9-10H2,1-3H3,(H,24,28). The van der Waals surface area contributed by atoms with Crippen LogP contribution in [-0.2, 0) is 16.9 Å². The minimum absolute atomic E-state index is 0.00579. The number of thiazole rings is 1. The Labute approximate surface area is 175 Å². The predicted octanol–water partition coefficient (Wildman–Crippen LogP) is 3.71. The summed E-state index contributed by atoms with van der Waals surface area (Å²) >= 11 is 0.671. The van der Waals surface area contributed by atoms with Gasteiger partial charge in [-0.2, -0.15) is 18.3 Å². The predicted molar refractivity (Wildman–Crippen MR) is 106 cm³/mol. The van der Waals surface area contributed by atoms with E-state index < -0.39 is 29.1 Å². The number of benzene rings is 1. The van der Waals surface area contributed by atoms with Crippen LogP contribution in [0.4, 0.5) is 13.2 Å². The van der Waals surface area contributed by atoms with Gasteiger partial charge in [-0.1, -0.05) is 18.2 Å². The molecule has 160 valence electrons. The summed E-state index contributed by atoms with van der Waals surface area (Å²) in [5, 5.41) is 18.1. The van der Waals surface area contributed by atoms with Gasteiger partial charge >= 0.3 is 6.18 Å². The van der Waals surface area contributed by atoms with Crippen LogP contribution < -0.4 is 5.32 Å². The lowest BCUT2D eigenvalue weighted by atomic mass is 9.99. The Kier molecular flexibility index (Phi) is 6.00. The van der Waals surface area contributed by atoms with Crippen molar-refractivity contribution in [1.82, 2.24) is 20.1 Å². The van der Waals surface area contributed by atoms with E-state index in [1.54, 1.807) is 11.6 Å². The van der Waals surface area contributed by atoms with Gasteiger partial charge in [-0.05, 0) is 32.9 Å². The molecule has 2 aromatic heterocycles. The van der Waals surface area contributed by atoms with Crippen LogP contribution in [-0.4, -0.2) is 32.0 Å². The highest BCUT2D eigenvalue weighted by Gasteiger charge is 2.58. The summed E-state index contributed by atoms with van der Waals surface area (Å²) in [5.74, 6) is -0.936. The van der Waals surface area contributed by atoms with E-state index in [-0.39, 0.29) is 6.54 Å². The van der Waals surface area contributed by atoms with Gasteiger partial charge in [0.1, 0.15) is 5.01 Å². The Morgan fingerprint density at radius 2 is 1.87 bits per heavy atom. The first-order valence-corrected chi connectivity index (χ1v) is 10.00. The van der Waals surface area contributed by atoms with E-state index in [4.69, 9.17) is 0 Å². The van der Waals surface area contributed by atoms with Gasteiger partial charge in [0.15, 0.2) is 0 Å². The van der Waals surface area contributed by atoms with E-state index in [1.807, 2.05) is 37.3 Å². The number of rotatable bonds is 6. The second-order valence-electron chi connectivity index (χ2n) is 7.00. The number of hydrogen-bond acceptors (Lipinski definition) is 5. The summed E-state index contributed by atoms with van der Waals surface area (Å²) in [7, 11) is 0. The molecule has 0 saturated heterocycles. The van der Waals surface area contributed by atoms with Crippen molar-refractivity contribution in [3.8, 4) is 5.69 Å². The van der Waals surface area contributed by atoms with E-state index in [0.717, 1.165) is 11.4 Å². The lowest BCUT2D eigenvalue weighted by molar-refractivity contribution is -0.267. The molecule has 0 aliphatic carbocycles. The smallest absolute Gasteiger partial charge is 0.374 e. The van der Waals surface area contributed by atoms with Gasteiger partial charge in [0.25, 0.3) is 0 Å². The Bertz CT molecular complexity index is 1050. The number of carbonyl (C=O) groups excluding carboxylic acids is 1. The summed E-state index contributed by atoms with van der Waals surface area (Å²) in [6.07, 6.45) is -6.22. The average Bonchev–Trinajstić information content (AvgIpc) is 3.23. The van der Waals surface area contributed by atoms with E-state index in [2.05, 4.69) is 15.4 Å². The Balaban J connectivity index is 1.76. The molecular formula is C20H21F3N4O2S. The summed E-state index contributed by atoms with van der Waals surface area (Å²) < 4.78 is 42.4. The molecule has 6 nitrogen and oxygen atoms in total. The van der Waals surface area contributed by atoms with Crippen molar-refractivity contribution < 1.29 is 23.1 Å². The fourth-order valence-corrected chi connectivity index (χ4v) is 3.99. The molecule has 1 amide bonds. The number of amides is 1. The molecule has 0 bridgehead atoms. The third kappa shape index (κ3) is 4.24. The maximum atomic E-state index is 13.6. The molecule has 2 heterocycles. The number of nitrogens with zero attached hydrogens (tertiary/aromatic N) is 3. The molecular weight excluding hydrogens is 417 g/mol. The number of nitrogens with one attached hydrogen (secondary N) is 1. The number of alkyl halides is 3. The maximum absolute atomic E-state index is 13.6. The first-order chi connectivity index (χ1) is 14.0. The first-order valence-electron chi connectivity index (χ1n) is 9.12. The van der Waals surface area contributed by atoms with Crippen LogP contribution >= 0.6 is 11.3 Å². The van der Waals surface area contributed by atoms with Crippen molar-refractivity contribution in [3.63, 3.8) is 0 Å². The molecule has 0 aliphatic heterocycles. The van der Waals surface area contributed by atoms with Gasteiger partial charge in [-0.15, -0.1) is 11.3 Å². The molecule has 0 fully saturated rings. The van der Waals surface area contributed by atoms with Gasteiger partial charge in [0.2, 0.25) is 11.5 Å². The number of hydrogen-bond donors (Lipinski definition) is 2. The molecule has 3 aromatic rings. The Morgan fingerprint density at radius 1 is 1.20 bits per heavy atom. The number of aromatic nitrogens is 3. The highest BCUT2D eigenvalue weighted by atomic mass is 32.1. The Hall–Kier alpha value is -2.72. The Morgan fingerprint density at radius 3 is 2.43 bits per heavy atom. The van der Waals surface area contributed by atoms with Crippen molar-refractivity contribution in [2.45, 2.75) is 45.5 Å². The van der Waals surface area contributed by atoms with Crippen LogP contribution in [0, 0.1) is 20.8 Å². The van der Waals surface area contributed by atoms with Gasteiger partial charge in [-0.25, -0.2) is 9.67 Å². The second kappa shape index (κ2) is 8.19. The first kappa shape index (κ1) is 22.0. The quantitative estimate of drug-likeness (QED) is 0.615. The topological polar surface area (TPSA) is 80.0 Å². The molecule has 1 aromatic carbocycles. The van der Waals surface area contributed by atoms with Gasteiger partial charge < -0.3 is 10.4 Å². The van der Waals surface area contributed by atoms with E-state index >= 15 is 0 Å². The fourth-order valence-electron chi connectivity index (χ4n) is 3.07. The minimum atomic E-state index is -5.04. The number of halogens is 3. The van der Waals surface area contributed by atoms with Gasteiger partial charge in [0, 0.05) is 28.9 Å². The normalized spacial score (nSPS) is 13.8. The maximum Gasteiger partial charge on any atom is 0.424 e. The average molecular weight is 438 g/mol. The van der Waals surface area contributed by atoms with Crippen LogP contribution in [0.2, 0.25) is 0 Å². The third-order valence-electron chi connectivity index (χ3n) is 4.76. The molecule has 0 saturated carbocycles. The van der Waals surface area contributed by atoms with Crippen molar-refractivity contribution in [2.24, 2.45) is 0 Å². The zero-order valence-electron chi connectivity index (χ0n) is 16.6. The second-order valence-corrected chi connectivity index (χ2v) is 7.86. The largest absolute Gasteiger partial charge is 0.424 e. The summed E-state index contributed by atoms with van der Waals surface area (Å²) in [6.45, 7) is 5.10. The van der Waals surface area contributed by atoms with E-state index in [9.17, 15) is 23.1 Å². The molecule has 10 heteroatoms. The summed E-state index contributed by atoms with van der Waals surface area (Å²) in [5.41, 5.74) is -0.0420. The minimum Gasteiger partial charge on any atom is -0.374 e. The number of carbonyl (C=O) groups is 1. The van der Waals surface area contributed by atoms with Crippen molar-refractivity contribution >= 4 is 17.2 Å². The van der Waals surface area contributed by atoms with E-state index in [1.165, 1.54) is 12.3 Å². The van der Waals surface area contributed by atoms with Crippen LogP contribution in [0.15, 0.2) is 35.7 Å². The zero-order chi connectivity index (χ0) is 22.1. The zero-order valence-corrected chi connectivity index (χ0v) is 17.4. The molecule has 30 heavy (non-hydrogen) atoms. The van der Waals surface area contributed by atoms with Crippen LogP contribution in [0.3, 0.4) is 0 Å². The number of aryl methyl sites for hydroxylation is 2. The molecule has 0 aliphatic rings. The van der Waals surface area contributed by atoms with Crippen molar-refractivity contribution in [1.29, 1.82) is 0 Å². The van der Waals surface area contributed by atoms with Crippen molar-refractivity contribution in [3.05, 3.63) is 63.4 Å². The molecule has 1 unspecified atom stereocenters. The molecule has 3 rings (SSSR count). The number of aliphatic hydroxyl groups is 1. The van der Waals surface area contributed by atoms with Gasteiger partial charge in [-0.3, -0.25) is 4.79 Å². The molecule has 0 spiro atoms. The van der Waals surface area contributed by atoms with Crippen molar-refractivity contribution in [2.75, 3.05) is 0 Å². The third-order valence-corrected chi connectivity index (χ3v) is 5.87. The van der Waals surface area contributed by atoms with Crippen LogP contribution in [0.25, 0.3) is 5.69 Å². The SMILES string of the molecule is Cc1csc(C(O)(CC(=O)NCc2c(C)nn(-c3ccccc3)c2C)C(F)(F)F)n1. The summed E-state index contributed by atoms with van der Waals surface area (Å²) in [6, 6.07) is 9.36. The lowest BCUT2D eigenvalue weighted by Crippen LogP contribution is -2.46. The van der Waals surface area contributed by atoms with E-state index in [0.29, 0.717) is 28.3 Å². The highest BCUT2D eigenvalue weighted by Crippen LogP contribution is 2.42. The van der Waals surface area contributed by atoms with Gasteiger partial charge in [0.05, 0.1) is 17.8 Å². The summed E-state index contributed by atoms with van der Waals surface area (Å²) in [4.78, 5) is 16.1. The lowest BCUT2D eigenvalue weighted by Gasteiger charge is -2.27. The monoisotopic (exact) mass is 438 g/mol. The molecule has 2 N–H and O–H groups in total. The highest BCUT2D eigenvalue weighted by molar-refractivity contribution is 7.09. The molecule has 0 radical (unpaired) electrons. The number of para-hydroxylation sites is 1. The van der Waals surface area contributed by atoms with Crippen LogP contribution in [0.5, 0.6) is 0 Å². The molecule has 1 atom stereocenters.